The van der Waals surface area contributed by atoms with Crippen molar-refractivity contribution in [3.8, 4) is 0 Å². The first kappa shape index (κ1) is 17.3. The highest BCUT2D eigenvalue weighted by Crippen LogP contribution is 2.69. The lowest BCUT2D eigenvalue weighted by Crippen LogP contribution is -2.35. The highest BCUT2D eigenvalue weighted by Gasteiger charge is 2.62. The predicted molar refractivity (Wildman–Crippen MR) is 100 cm³/mol. The van der Waals surface area contributed by atoms with Crippen molar-refractivity contribution in [2.75, 3.05) is 19.6 Å². The molecule has 7 heteroatoms. The Kier molecular flexibility index (Phi) is 4.50. The highest BCUT2D eigenvalue weighted by molar-refractivity contribution is 5.75. The van der Waals surface area contributed by atoms with Crippen LogP contribution in [-0.4, -0.2) is 50.6 Å². The topological polar surface area (TPSA) is 75.9 Å². The first-order valence-corrected chi connectivity index (χ1v) is 10.7. The number of hydrogen-bond acceptors (Lipinski definition) is 5. The van der Waals surface area contributed by atoms with Crippen LogP contribution in [0, 0.1) is 23.2 Å². The van der Waals surface area contributed by atoms with Crippen molar-refractivity contribution in [3.05, 3.63) is 18.0 Å². The monoisotopic (exact) mass is 370 g/mol. The van der Waals surface area contributed by atoms with Crippen molar-refractivity contribution in [1.29, 1.82) is 0 Å². The van der Waals surface area contributed by atoms with E-state index < -0.39 is 0 Å². The maximum Gasteiger partial charge on any atom is 0.241 e. The Morgan fingerprint density at radius 3 is 2.74 bits per heavy atom. The van der Waals surface area contributed by atoms with E-state index in [2.05, 4.69) is 37.9 Å². The highest BCUT2D eigenvalue weighted by atomic mass is 16.2. The van der Waals surface area contributed by atoms with Gasteiger partial charge in [0.15, 0.2) is 5.82 Å². The quantitative estimate of drug-likeness (QED) is 0.773. The fourth-order valence-corrected chi connectivity index (χ4v) is 5.75. The van der Waals surface area contributed by atoms with Gasteiger partial charge in [-0.3, -0.25) is 9.69 Å². The fraction of sp³-hybridized carbons (Fsp3) is 0.800. The minimum atomic E-state index is 0.0241. The molecule has 4 aliphatic rings. The molecule has 3 aliphatic carbocycles. The summed E-state index contributed by atoms with van der Waals surface area (Å²) in [5.74, 6) is 2.89. The Morgan fingerprint density at radius 1 is 1.19 bits per heavy atom. The number of hydrogen-bond donors (Lipinski definition) is 1. The van der Waals surface area contributed by atoms with Crippen molar-refractivity contribution < 1.29 is 4.79 Å². The zero-order valence-electron chi connectivity index (χ0n) is 16.0. The molecule has 1 N–H and O–H groups in total. The summed E-state index contributed by atoms with van der Waals surface area (Å²) in [6.45, 7) is 3.94. The largest absolute Gasteiger partial charge is 0.354 e. The second-order valence-electron chi connectivity index (χ2n) is 8.99. The SMILES string of the molecule is O=C(Cn1nnnc1CN1CCCCCC1)NC[C@H]1C[C@H]2C=C[C@H]1C21CC1. The third-order valence-electron chi connectivity index (χ3n) is 7.37. The maximum absolute atomic E-state index is 12.5. The number of aromatic nitrogens is 4. The van der Waals surface area contributed by atoms with Crippen LogP contribution in [0.4, 0.5) is 0 Å². The van der Waals surface area contributed by atoms with Gasteiger partial charge in [0.05, 0.1) is 6.54 Å². The van der Waals surface area contributed by atoms with Gasteiger partial charge in [0.2, 0.25) is 5.91 Å². The number of carbonyl (C=O) groups is 1. The van der Waals surface area contributed by atoms with Crippen molar-refractivity contribution in [3.63, 3.8) is 0 Å². The Morgan fingerprint density at radius 2 is 2.00 bits per heavy atom. The molecular formula is C20H30N6O. The Bertz CT molecular complexity index is 716. The molecule has 1 amide bonds. The summed E-state index contributed by atoms with van der Waals surface area (Å²) in [5, 5.41) is 15.2. The second-order valence-corrected chi connectivity index (χ2v) is 8.99. The summed E-state index contributed by atoms with van der Waals surface area (Å²) in [6.07, 6.45) is 13.9. The van der Waals surface area contributed by atoms with Crippen LogP contribution in [0.25, 0.3) is 0 Å². The second kappa shape index (κ2) is 7.00. The van der Waals surface area contributed by atoms with E-state index >= 15 is 0 Å². The van der Waals surface area contributed by atoms with Gasteiger partial charge in [-0.1, -0.05) is 25.0 Å². The number of likely N-dealkylation sites (tertiary alicyclic amines) is 1. The van der Waals surface area contributed by atoms with E-state index in [0.717, 1.165) is 37.9 Å². The average molecular weight is 371 g/mol. The summed E-state index contributed by atoms with van der Waals surface area (Å²) >= 11 is 0. The number of nitrogens with one attached hydrogen (secondary N) is 1. The third kappa shape index (κ3) is 3.30. The smallest absolute Gasteiger partial charge is 0.241 e. The van der Waals surface area contributed by atoms with Crippen LogP contribution in [0.15, 0.2) is 12.2 Å². The summed E-state index contributed by atoms with van der Waals surface area (Å²) in [6, 6.07) is 0. The number of allylic oxidation sites excluding steroid dienone is 2. The minimum absolute atomic E-state index is 0.0241. The molecule has 1 saturated heterocycles. The van der Waals surface area contributed by atoms with Crippen LogP contribution in [0.5, 0.6) is 0 Å². The lowest BCUT2D eigenvalue weighted by atomic mass is 9.89. The van der Waals surface area contributed by atoms with Crippen LogP contribution in [0.1, 0.15) is 50.8 Å². The first-order valence-electron chi connectivity index (χ1n) is 10.7. The Hall–Kier alpha value is -1.76. The number of rotatable bonds is 6. The molecule has 2 heterocycles. The van der Waals surface area contributed by atoms with Crippen LogP contribution in [0.3, 0.4) is 0 Å². The summed E-state index contributed by atoms with van der Waals surface area (Å²) in [4.78, 5) is 14.9. The van der Waals surface area contributed by atoms with E-state index in [1.807, 2.05) is 0 Å². The van der Waals surface area contributed by atoms with Crippen LogP contribution in [-0.2, 0) is 17.9 Å². The molecule has 1 spiro atoms. The van der Waals surface area contributed by atoms with Gasteiger partial charge < -0.3 is 5.32 Å². The predicted octanol–water partition coefficient (Wildman–Crippen LogP) is 1.77. The lowest BCUT2D eigenvalue weighted by molar-refractivity contribution is -0.122. The van der Waals surface area contributed by atoms with Gasteiger partial charge in [0, 0.05) is 6.54 Å². The van der Waals surface area contributed by atoms with Gasteiger partial charge in [0.25, 0.3) is 0 Å². The normalized spacial score (nSPS) is 31.3. The number of amides is 1. The lowest BCUT2D eigenvalue weighted by Gasteiger charge is -2.20. The zero-order valence-corrected chi connectivity index (χ0v) is 16.0. The van der Waals surface area contributed by atoms with Crippen molar-refractivity contribution >= 4 is 5.91 Å². The molecule has 1 aliphatic heterocycles. The molecule has 27 heavy (non-hydrogen) atoms. The van der Waals surface area contributed by atoms with E-state index in [1.165, 1.54) is 44.9 Å². The van der Waals surface area contributed by atoms with Gasteiger partial charge in [-0.15, -0.1) is 5.10 Å². The van der Waals surface area contributed by atoms with E-state index in [1.54, 1.807) is 4.68 Å². The zero-order chi connectivity index (χ0) is 18.3. The molecule has 0 radical (unpaired) electrons. The van der Waals surface area contributed by atoms with E-state index in [-0.39, 0.29) is 12.5 Å². The van der Waals surface area contributed by atoms with E-state index in [4.69, 9.17) is 0 Å². The van der Waals surface area contributed by atoms with Gasteiger partial charge in [0.1, 0.15) is 6.54 Å². The Balaban J connectivity index is 1.13. The van der Waals surface area contributed by atoms with Gasteiger partial charge in [-0.2, -0.15) is 0 Å². The number of tetrazole rings is 1. The third-order valence-corrected chi connectivity index (χ3v) is 7.37. The molecule has 7 nitrogen and oxygen atoms in total. The molecular weight excluding hydrogens is 340 g/mol. The summed E-state index contributed by atoms with van der Waals surface area (Å²) in [5.41, 5.74) is 0.589. The van der Waals surface area contributed by atoms with Crippen molar-refractivity contribution in [1.82, 2.24) is 30.4 Å². The molecule has 3 atom stereocenters. The van der Waals surface area contributed by atoms with Gasteiger partial charge in [-0.05, 0) is 78.8 Å². The van der Waals surface area contributed by atoms with Crippen molar-refractivity contribution in [2.24, 2.45) is 23.2 Å². The van der Waals surface area contributed by atoms with Crippen molar-refractivity contribution in [2.45, 2.75) is 58.0 Å². The molecule has 146 valence electrons. The van der Waals surface area contributed by atoms with E-state index in [0.29, 0.717) is 17.3 Å². The Labute approximate surface area is 160 Å². The minimum Gasteiger partial charge on any atom is -0.354 e. The molecule has 1 aromatic heterocycles. The molecule has 2 saturated carbocycles. The first-order chi connectivity index (χ1) is 13.2. The summed E-state index contributed by atoms with van der Waals surface area (Å²) in [7, 11) is 0. The van der Waals surface area contributed by atoms with E-state index in [9.17, 15) is 4.79 Å². The van der Waals surface area contributed by atoms with Crippen LogP contribution < -0.4 is 5.32 Å². The summed E-state index contributed by atoms with van der Waals surface area (Å²) < 4.78 is 1.67. The van der Waals surface area contributed by atoms with Crippen LogP contribution in [0.2, 0.25) is 0 Å². The molecule has 5 rings (SSSR count). The molecule has 0 unspecified atom stereocenters. The molecule has 3 fully saturated rings. The molecule has 1 aromatic rings. The van der Waals surface area contributed by atoms with Gasteiger partial charge in [-0.25, -0.2) is 4.68 Å². The maximum atomic E-state index is 12.5. The van der Waals surface area contributed by atoms with Gasteiger partial charge >= 0.3 is 0 Å². The standard InChI is InChI=1S/C20H30N6O/c27-19(21-12-15-11-16-5-6-17(15)20(16)7-8-20)14-26-18(22-23-24-26)13-25-9-3-1-2-4-10-25/h5-6,15-17H,1-4,7-14H2,(H,21,27)/t15-,16-,17-/m1/s1. The molecule has 0 aromatic carbocycles. The fourth-order valence-electron chi connectivity index (χ4n) is 5.75. The molecule has 2 bridgehead atoms. The average Bonchev–Trinajstić information content (AvgIpc) is 3.25. The number of carbonyl (C=O) groups excluding carboxylic acids is 1. The number of nitrogens with zero attached hydrogens (tertiary/aromatic N) is 5. The van der Waals surface area contributed by atoms with Crippen LogP contribution >= 0.6 is 0 Å².